The second kappa shape index (κ2) is 9.53. The Bertz CT molecular complexity index is 435. The summed E-state index contributed by atoms with van der Waals surface area (Å²) < 4.78 is 5.17. The van der Waals surface area contributed by atoms with E-state index in [2.05, 4.69) is 30.5 Å². The molecule has 4 heteroatoms. The van der Waals surface area contributed by atoms with E-state index >= 15 is 0 Å². The molecule has 21 heavy (non-hydrogen) atoms. The fourth-order valence-corrected chi connectivity index (χ4v) is 2.12. The molecule has 0 aliphatic heterocycles. The maximum atomic E-state index is 12.0. The third-order valence-electron chi connectivity index (χ3n) is 3.58. The van der Waals surface area contributed by atoms with E-state index in [1.807, 2.05) is 25.1 Å². The summed E-state index contributed by atoms with van der Waals surface area (Å²) in [6.07, 6.45) is 2.40. The first kappa shape index (κ1) is 17.7. The number of carbonyl (C=O) groups is 1. The van der Waals surface area contributed by atoms with Crippen LogP contribution in [0.5, 0.6) is 0 Å². The van der Waals surface area contributed by atoms with Crippen LogP contribution in [-0.2, 0) is 9.53 Å². The second-order valence-corrected chi connectivity index (χ2v) is 5.40. The lowest BCUT2D eigenvalue weighted by molar-refractivity contribution is -0.116. The molecule has 0 spiro atoms. The molecule has 1 aromatic carbocycles. The zero-order chi connectivity index (χ0) is 15.7. The average molecular weight is 292 g/mol. The minimum atomic E-state index is 0.0361. The lowest BCUT2D eigenvalue weighted by Crippen LogP contribution is -2.22. The third kappa shape index (κ3) is 6.27. The quantitative estimate of drug-likeness (QED) is 0.732. The van der Waals surface area contributed by atoms with Crippen molar-refractivity contribution in [2.24, 2.45) is 0 Å². The first-order valence-electron chi connectivity index (χ1n) is 7.73. The molecule has 1 aromatic rings. The number of hydrogen-bond acceptors (Lipinski definition) is 3. The second-order valence-electron chi connectivity index (χ2n) is 5.40. The standard InChI is InChI=1S/C17H28N2O2/c1-5-12-18-14(3)15-8-6-7-9-16(15)19-17(20)11-10-13(2)21-4/h6-9,13-14,18H,5,10-12H2,1-4H3,(H,19,20). The highest BCUT2D eigenvalue weighted by Crippen LogP contribution is 2.22. The largest absolute Gasteiger partial charge is 0.382 e. The minimum absolute atomic E-state index is 0.0361. The van der Waals surface area contributed by atoms with Crippen molar-refractivity contribution in [3.05, 3.63) is 29.8 Å². The molecule has 0 aliphatic rings. The number of rotatable bonds is 9. The number of nitrogens with one attached hydrogen (secondary N) is 2. The van der Waals surface area contributed by atoms with E-state index in [0.29, 0.717) is 6.42 Å². The van der Waals surface area contributed by atoms with Crippen LogP contribution in [0.2, 0.25) is 0 Å². The first-order valence-corrected chi connectivity index (χ1v) is 7.73. The Morgan fingerprint density at radius 1 is 1.29 bits per heavy atom. The summed E-state index contributed by atoms with van der Waals surface area (Å²) in [5.41, 5.74) is 2.02. The zero-order valence-electron chi connectivity index (χ0n) is 13.6. The van der Waals surface area contributed by atoms with Gasteiger partial charge >= 0.3 is 0 Å². The minimum Gasteiger partial charge on any atom is -0.382 e. The van der Waals surface area contributed by atoms with Crippen molar-refractivity contribution in [1.82, 2.24) is 5.32 Å². The molecule has 1 rings (SSSR count). The van der Waals surface area contributed by atoms with Crippen LogP contribution in [0.3, 0.4) is 0 Å². The van der Waals surface area contributed by atoms with Gasteiger partial charge in [0, 0.05) is 25.3 Å². The molecular formula is C17H28N2O2. The van der Waals surface area contributed by atoms with Gasteiger partial charge in [-0.05, 0) is 44.9 Å². The zero-order valence-corrected chi connectivity index (χ0v) is 13.6. The molecule has 4 nitrogen and oxygen atoms in total. The molecule has 2 unspecified atom stereocenters. The van der Waals surface area contributed by atoms with Gasteiger partial charge in [-0.15, -0.1) is 0 Å². The summed E-state index contributed by atoms with van der Waals surface area (Å²) in [5, 5.41) is 6.46. The molecule has 0 aliphatic carbocycles. The summed E-state index contributed by atoms with van der Waals surface area (Å²) in [6, 6.07) is 8.18. The molecule has 1 amide bonds. The highest BCUT2D eigenvalue weighted by atomic mass is 16.5. The average Bonchev–Trinajstić information content (AvgIpc) is 2.50. The highest BCUT2D eigenvalue weighted by molar-refractivity contribution is 5.91. The fraction of sp³-hybridized carbons (Fsp3) is 0.588. The van der Waals surface area contributed by atoms with Gasteiger partial charge < -0.3 is 15.4 Å². The predicted octanol–water partition coefficient (Wildman–Crippen LogP) is 3.50. The van der Waals surface area contributed by atoms with E-state index in [-0.39, 0.29) is 18.1 Å². The molecule has 2 N–H and O–H groups in total. The molecule has 0 saturated carbocycles. The Morgan fingerprint density at radius 2 is 2.00 bits per heavy atom. The van der Waals surface area contributed by atoms with E-state index in [1.54, 1.807) is 7.11 Å². The summed E-state index contributed by atoms with van der Waals surface area (Å²) in [5.74, 6) is 0.0361. The van der Waals surface area contributed by atoms with E-state index < -0.39 is 0 Å². The smallest absolute Gasteiger partial charge is 0.224 e. The Hall–Kier alpha value is -1.39. The SMILES string of the molecule is CCCNC(C)c1ccccc1NC(=O)CCC(C)OC. The number of anilines is 1. The summed E-state index contributed by atoms with van der Waals surface area (Å²) in [6.45, 7) is 7.20. The molecule has 0 radical (unpaired) electrons. The summed E-state index contributed by atoms with van der Waals surface area (Å²) >= 11 is 0. The van der Waals surface area contributed by atoms with Crippen LogP contribution in [0.1, 0.15) is 51.6 Å². The van der Waals surface area contributed by atoms with Gasteiger partial charge in [0.25, 0.3) is 0 Å². The maximum absolute atomic E-state index is 12.0. The summed E-state index contributed by atoms with van der Waals surface area (Å²) in [7, 11) is 1.67. The lowest BCUT2D eigenvalue weighted by atomic mass is 10.1. The number of benzene rings is 1. The summed E-state index contributed by atoms with van der Waals surface area (Å²) in [4.78, 5) is 12.0. The van der Waals surface area contributed by atoms with Gasteiger partial charge in [-0.25, -0.2) is 0 Å². The van der Waals surface area contributed by atoms with Crippen LogP contribution < -0.4 is 10.6 Å². The van der Waals surface area contributed by atoms with Gasteiger partial charge in [-0.3, -0.25) is 4.79 Å². The van der Waals surface area contributed by atoms with E-state index in [9.17, 15) is 4.79 Å². The Balaban J connectivity index is 2.63. The molecular weight excluding hydrogens is 264 g/mol. The van der Waals surface area contributed by atoms with Gasteiger partial charge in [0.05, 0.1) is 6.10 Å². The third-order valence-corrected chi connectivity index (χ3v) is 3.58. The molecule has 0 fully saturated rings. The monoisotopic (exact) mass is 292 g/mol. The number of carbonyl (C=O) groups excluding carboxylic acids is 1. The van der Waals surface area contributed by atoms with Gasteiger partial charge in [0.15, 0.2) is 0 Å². The Kier molecular flexibility index (Phi) is 8.01. The molecule has 118 valence electrons. The van der Waals surface area contributed by atoms with Crippen molar-refractivity contribution >= 4 is 11.6 Å². The maximum Gasteiger partial charge on any atom is 0.224 e. The topological polar surface area (TPSA) is 50.4 Å². The van der Waals surface area contributed by atoms with Gasteiger partial charge in [0.1, 0.15) is 0 Å². The number of methoxy groups -OCH3 is 1. The normalized spacial score (nSPS) is 13.7. The van der Waals surface area contributed by atoms with Crippen molar-refractivity contribution in [2.75, 3.05) is 19.0 Å². The first-order chi connectivity index (χ1) is 10.1. The van der Waals surface area contributed by atoms with Crippen LogP contribution in [0.25, 0.3) is 0 Å². The van der Waals surface area contributed by atoms with Gasteiger partial charge in [-0.2, -0.15) is 0 Å². The van der Waals surface area contributed by atoms with Crippen molar-refractivity contribution in [1.29, 1.82) is 0 Å². The van der Waals surface area contributed by atoms with Crippen molar-refractivity contribution < 1.29 is 9.53 Å². The number of hydrogen-bond donors (Lipinski definition) is 2. The molecule has 0 heterocycles. The van der Waals surface area contributed by atoms with E-state index in [4.69, 9.17) is 4.74 Å². The molecule has 0 bridgehead atoms. The van der Waals surface area contributed by atoms with Crippen LogP contribution >= 0.6 is 0 Å². The van der Waals surface area contributed by atoms with E-state index in [0.717, 1.165) is 30.6 Å². The molecule has 0 aromatic heterocycles. The van der Waals surface area contributed by atoms with Crippen LogP contribution in [0.4, 0.5) is 5.69 Å². The highest BCUT2D eigenvalue weighted by Gasteiger charge is 2.12. The number of ether oxygens (including phenoxy) is 1. The number of amides is 1. The number of para-hydroxylation sites is 1. The van der Waals surface area contributed by atoms with Crippen LogP contribution in [0, 0.1) is 0 Å². The van der Waals surface area contributed by atoms with E-state index in [1.165, 1.54) is 0 Å². The molecule has 2 atom stereocenters. The van der Waals surface area contributed by atoms with Gasteiger partial charge in [0.2, 0.25) is 5.91 Å². The fourth-order valence-electron chi connectivity index (χ4n) is 2.12. The van der Waals surface area contributed by atoms with Gasteiger partial charge in [-0.1, -0.05) is 25.1 Å². The van der Waals surface area contributed by atoms with Crippen molar-refractivity contribution in [2.45, 2.75) is 52.2 Å². The Morgan fingerprint density at radius 3 is 2.67 bits per heavy atom. The van der Waals surface area contributed by atoms with Crippen molar-refractivity contribution in [3.8, 4) is 0 Å². The lowest BCUT2D eigenvalue weighted by Gasteiger charge is -2.18. The van der Waals surface area contributed by atoms with Crippen LogP contribution in [-0.4, -0.2) is 25.7 Å². The Labute approximate surface area is 128 Å². The van der Waals surface area contributed by atoms with Crippen LogP contribution in [0.15, 0.2) is 24.3 Å². The van der Waals surface area contributed by atoms with Crippen molar-refractivity contribution in [3.63, 3.8) is 0 Å². The predicted molar refractivity (Wildman–Crippen MR) is 87.5 cm³/mol. The molecule has 0 saturated heterocycles.